The molecular formula is C8H7O2. The average molecular weight is 135 g/mol. The van der Waals surface area contributed by atoms with Gasteiger partial charge in [-0.25, -0.2) is 0 Å². The number of fused-ring (bicyclic) bond motifs is 1. The minimum Gasteiger partial charge on any atom is -0.337 e. The third kappa shape index (κ3) is 0.866. The van der Waals surface area contributed by atoms with Crippen molar-refractivity contribution in [3.05, 3.63) is 29.8 Å². The van der Waals surface area contributed by atoms with E-state index in [1.165, 1.54) is 0 Å². The van der Waals surface area contributed by atoms with Gasteiger partial charge in [-0.3, -0.25) is 0 Å². The summed E-state index contributed by atoms with van der Waals surface area (Å²) in [5, 5.41) is 0. The van der Waals surface area contributed by atoms with E-state index in [-0.39, 0.29) is 0 Å². The Morgan fingerprint density at radius 2 is 2.50 bits per heavy atom. The van der Waals surface area contributed by atoms with E-state index in [4.69, 9.17) is 9.78 Å². The molecule has 51 valence electrons. The van der Waals surface area contributed by atoms with Gasteiger partial charge in [0.05, 0.1) is 6.61 Å². The molecule has 0 atom stereocenters. The molecule has 1 aliphatic heterocycles. The summed E-state index contributed by atoms with van der Waals surface area (Å²) in [6, 6.07) is 8.73. The van der Waals surface area contributed by atoms with Gasteiger partial charge in [-0.2, -0.15) is 4.89 Å². The highest BCUT2D eigenvalue weighted by Crippen LogP contribution is 2.21. The fraction of sp³-hybridized carbons (Fsp3) is 0.250. The summed E-state index contributed by atoms with van der Waals surface area (Å²) in [5.41, 5.74) is 1.11. The highest BCUT2D eigenvalue weighted by atomic mass is 17.2. The van der Waals surface area contributed by atoms with Crippen LogP contribution in [0.3, 0.4) is 0 Å². The third-order valence-corrected chi connectivity index (χ3v) is 1.48. The van der Waals surface area contributed by atoms with E-state index >= 15 is 0 Å². The van der Waals surface area contributed by atoms with Crippen LogP contribution in [0.5, 0.6) is 5.75 Å². The van der Waals surface area contributed by atoms with E-state index in [0.717, 1.165) is 17.7 Å². The van der Waals surface area contributed by atoms with Gasteiger partial charge in [0.1, 0.15) is 0 Å². The van der Waals surface area contributed by atoms with Crippen LogP contribution in [0.4, 0.5) is 0 Å². The molecule has 1 aromatic carbocycles. The lowest BCUT2D eigenvalue weighted by molar-refractivity contribution is -0.215. The first kappa shape index (κ1) is 5.74. The Balaban J connectivity index is 2.41. The minimum absolute atomic E-state index is 0.632. The molecule has 2 nitrogen and oxygen atoms in total. The Kier molecular flexibility index (Phi) is 1.32. The zero-order valence-corrected chi connectivity index (χ0v) is 5.46. The molecule has 10 heavy (non-hydrogen) atoms. The maximum absolute atomic E-state index is 4.89. The quantitative estimate of drug-likeness (QED) is 0.500. The van der Waals surface area contributed by atoms with Crippen molar-refractivity contribution in [3.63, 3.8) is 0 Å². The van der Waals surface area contributed by atoms with Crippen molar-refractivity contribution in [3.8, 4) is 5.75 Å². The van der Waals surface area contributed by atoms with E-state index < -0.39 is 0 Å². The molecular weight excluding hydrogens is 128 g/mol. The molecule has 0 unspecified atom stereocenters. The van der Waals surface area contributed by atoms with E-state index in [1.54, 1.807) is 0 Å². The van der Waals surface area contributed by atoms with Gasteiger partial charge in [-0.15, -0.1) is 0 Å². The van der Waals surface area contributed by atoms with Gasteiger partial charge in [0.2, 0.25) is 0 Å². The molecule has 0 spiro atoms. The molecule has 0 fully saturated rings. The second kappa shape index (κ2) is 2.31. The van der Waals surface area contributed by atoms with E-state index in [0.29, 0.717) is 6.61 Å². The summed E-state index contributed by atoms with van der Waals surface area (Å²) in [5.74, 6) is 0.800. The number of rotatable bonds is 0. The van der Waals surface area contributed by atoms with Gasteiger partial charge in [-0.05, 0) is 12.1 Å². The lowest BCUT2D eigenvalue weighted by atomic mass is 10.1. The third-order valence-electron chi connectivity index (χ3n) is 1.48. The highest BCUT2D eigenvalue weighted by molar-refractivity contribution is 5.32. The molecule has 1 heterocycles. The van der Waals surface area contributed by atoms with Crippen LogP contribution in [0.1, 0.15) is 5.56 Å². The number of hydrogen-bond donors (Lipinski definition) is 0. The van der Waals surface area contributed by atoms with Crippen LogP contribution in [0.25, 0.3) is 0 Å². The Labute approximate surface area is 59.3 Å². The summed E-state index contributed by atoms with van der Waals surface area (Å²) in [7, 11) is 0. The van der Waals surface area contributed by atoms with Crippen molar-refractivity contribution in [1.29, 1.82) is 0 Å². The lowest BCUT2D eigenvalue weighted by Gasteiger charge is -2.13. The Morgan fingerprint density at radius 3 is 3.40 bits per heavy atom. The Hall–Kier alpha value is -1.02. The summed E-state index contributed by atoms with van der Waals surface area (Å²) in [4.78, 5) is 9.67. The molecule has 0 saturated carbocycles. The SMILES string of the molecule is [c]1cccc2c1CCOO2. The predicted octanol–water partition coefficient (Wildman–Crippen LogP) is 1.35. The van der Waals surface area contributed by atoms with Crippen LogP contribution >= 0.6 is 0 Å². The summed E-state index contributed by atoms with van der Waals surface area (Å²) in [6.07, 6.45) is 0.899. The predicted molar refractivity (Wildman–Crippen MR) is 35.6 cm³/mol. The zero-order chi connectivity index (χ0) is 6.81. The van der Waals surface area contributed by atoms with Crippen molar-refractivity contribution in [2.75, 3.05) is 6.61 Å². The highest BCUT2D eigenvalue weighted by Gasteiger charge is 2.08. The maximum Gasteiger partial charge on any atom is 0.169 e. The van der Waals surface area contributed by atoms with Gasteiger partial charge in [0, 0.05) is 12.0 Å². The normalized spacial score (nSPS) is 15.6. The van der Waals surface area contributed by atoms with Crippen molar-refractivity contribution >= 4 is 0 Å². The first-order chi connectivity index (χ1) is 4.97. The second-order valence-corrected chi connectivity index (χ2v) is 2.17. The first-order valence-corrected chi connectivity index (χ1v) is 3.26. The van der Waals surface area contributed by atoms with Gasteiger partial charge in [0.25, 0.3) is 0 Å². The first-order valence-electron chi connectivity index (χ1n) is 3.26. The largest absolute Gasteiger partial charge is 0.337 e. The van der Waals surface area contributed by atoms with Gasteiger partial charge in [0.15, 0.2) is 5.75 Å². The molecule has 0 aromatic heterocycles. The van der Waals surface area contributed by atoms with Crippen LogP contribution in [0, 0.1) is 6.07 Å². The molecule has 0 bridgehead atoms. The van der Waals surface area contributed by atoms with Crippen LogP contribution in [0.15, 0.2) is 18.2 Å². The van der Waals surface area contributed by atoms with E-state index in [2.05, 4.69) is 6.07 Å². The Bertz CT molecular complexity index is 207. The maximum atomic E-state index is 4.89. The number of benzene rings is 1. The molecule has 2 rings (SSSR count). The van der Waals surface area contributed by atoms with Crippen LogP contribution in [0.2, 0.25) is 0 Å². The van der Waals surface area contributed by atoms with Crippen LogP contribution < -0.4 is 4.89 Å². The second-order valence-electron chi connectivity index (χ2n) is 2.17. The standard InChI is InChI=1S/C8H7O2/c1-2-4-8-7(3-1)5-6-9-10-8/h1-2,4H,5-6H2. The fourth-order valence-corrected chi connectivity index (χ4v) is 0.978. The minimum atomic E-state index is 0.632. The number of hydrogen-bond acceptors (Lipinski definition) is 2. The molecule has 1 radical (unpaired) electrons. The van der Waals surface area contributed by atoms with Crippen molar-refractivity contribution in [2.45, 2.75) is 6.42 Å². The molecule has 1 aliphatic rings. The lowest BCUT2D eigenvalue weighted by Crippen LogP contribution is -2.10. The summed E-state index contributed by atoms with van der Waals surface area (Å²) < 4.78 is 0. The van der Waals surface area contributed by atoms with E-state index in [9.17, 15) is 0 Å². The zero-order valence-electron chi connectivity index (χ0n) is 5.46. The molecule has 0 N–H and O–H groups in total. The molecule has 2 heteroatoms. The van der Waals surface area contributed by atoms with Crippen LogP contribution in [-0.4, -0.2) is 6.61 Å². The van der Waals surface area contributed by atoms with Crippen molar-refractivity contribution < 1.29 is 9.78 Å². The summed E-state index contributed by atoms with van der Waals surface area (Å²) >= 11 is 0. The van der Waals surface area contributed by atoms with Crippen molar-refractivity contribution in [1.82, 2.24) is 0 Å². The smallest absolute Gasteiger partial charge is 0.169 e. The topological polar surface area (TPSA) is 18.5 Å². The molecule has 0 saturated heterocycles. The molecule has 1 aromatic rings. The van der Waals surface area contributed by atoms with E-state index in [1.807, 2.05) is 18.2 Å². The van der Waals surface area contributed by atoms with Crippen molar-refractivity contribution in [2.24, 2.45) is 0 Å². The van der Waals surface area contributed by atoms with Crippen LogP contribution in [-0.2, 0) is 11.3 Å². The fourth-order valence-electron chi connectivity index (χ4n) is 0.978. The monoisotopic (exact) mass is 135 g/mol. The molecule has 0 aliphatic carbocycles. The summed E-state index contributed by atoms with van der Waals surface area (Å²) in [6.45, 7) is 0.632. The average Bonchev–Trinajstić information content (AvgIpc) is 2.05. The van der Waals surface area contributed by atoms with Gasteiger partial charge in [-0.1, -0.05) is 12.1 Å². The van der Waals surface area contributed by atoms with Gasteiger partial charge >= 0.3 is 0 Å². The molecule has 0 amide bonds. The van der Waals surface area contributed by atoms with Gasteiger partial charge < -0.3 is 4.89 Å². The Morgan fingerprint density at radius 1 is 1.50 bits per heavy atom.